The van der Waals surface area contributed by atoms with Gasteiger partial charge in [-0.1, -0.05) is 0 Å². The second kappa shape index (κ2) is 4.38. The highest BCUT2D eigenvalue weighted by atomic mass is 16.5. The molecule has 7 nitrogen and oxygen atoms in total. The Kier molecular flexibility index (Phi) is 3.19. The molecule has 0 unspecified atom stereocenters. The molecular weight excluding hydrogens is 188 g/mol. The van der Waals surface area contributed by atoms with E-state index in [4.69, 9.17) is 15.3 Å². The van der Waals surface area contributed by atoms with Gasteiger partial charge in [0.25, 0.3) is 0 Å². The summed E-state index contributed by atoms with van der Waals surface area (Å²) in [5.41, 5.74) is 0. The van der Waals surface area contributed by atoms with Crippen LogP contribution in [-0.4, -0.2) is 30.6 Å². The highest BCUT2D eigenvalue weighted by Crippen LogP contribution is 2.17. The quantitative estimate of drug-likeness (QED) is 0.298. The maximum atomic E-state index is 10.4. The van der Waals surface area contributed by atoms with Crippen LogP contribution in [-0.2, 0) is 4.79 Å². The number of anilines is 1. The number of nitrogens with zero attached hydrogens (tertiary/aromatic N) is 3. The van der Waals surface area contributed by atoms with E-state index < -0.39 is 0 Å². The molecule has 1 rings (SSSR count). The Balaban J connectivity index is 3.09. The minimum atomic E-state index is 0.0802. The van der Waals surface area contributed by atoms with Crippen LogP contribution in [0.2, 0.25) is 0 Å². The first kappa shape index (κ1) is 10.2. The predicted octanol–water partition coefficient (Wildman–Crippen LogP) is -0.670. The SMILES string of the molecule is COc1cc(N(N)C=O)nc(OC)n1. The summed E-state index contributed by atoms with van der Waals surface area (Å²) in [4.78, 5) is 18.0. The van der Waals surface area contributed by atoms with E-state index in [-0.39, 0.29) is 17.7 Å². The Bertz CT molecular complexity index is 308. The van der Waals surface area contributed by atoms with Gasteiger partial charge >= 0.3 is 6.01 Å². The predicted molar refractivity (Wildman–Crippen MR) is 47.9 cm³/mol. The van der Waals surface area contributed by atoms with Crippen molar-refractivity contribution in [3.8, 4) is 11.9 Å². The molecule has 0 aromatic carbocycles. The van der Waals surface area contributed by atoms with Gasteiger partial charge in [-0.2, -0.15) is 9.97 Å². The van der Waals surface area contributed by atoms with Gasteiger partial charge in [0.15, 0.2) is 5.82 Å². The van der Waals surface area contributed by atoms with Crippen LogP contribution >= 0.6 is 0 Å². The zero-order valence-electron chi connectivity index (χ0n) is 7.80. The van der Waals surface area contributed by atoms with Crippen LogP contribution in [0.5, 0.6) is 11.9 Å². The van der Waals surface area contributed by atoms with Gasteiger partial charge in [0, 0.05) is 6.07 Å². The smallest absolute Gasteiger partial charge is 0.321 e. The van der Waals surface area contributed by atoms with Crippen LogP contribution in [0.15, 0.2) is 6.07 Å². The Labute approximate surface area is 80.4 Å². The van der Waals surface area contributed by atoms with Crippen molar-refractivity contribution in [2.45, 2.75) is 0 Å². The number of hydrazine groups is 1. The van der Waals surface area contributed by atoms with E-state index in [0.717, 1.165) is 5.01 Å². The summed E-state index contributed by atoms with van der Waals surface area (Å²) in [6.45, 7) is 0. The van der Waals surface area contributed by atoms with Crippen LogP contribution in [0, 0.1) is 0 Å². The Morgan fingerprint density at radius 3 is 2.64 bits per heavy atom. The minimum absolute atomic E-state index is 0.0802. The number of nitrogens with two attached hydrogens (primary N) is 1. The maximum Gasteiger partial charge on any atom is 0.321 e. The Morgan fingerprint density at radius 2 is 2.14 bits per heavy atom. The number of ether oxygens (including phenoxy) is 2. The number of methoxy groups -OCH3 is 2. The van der Waals surface area contributed by atoms with Gasteiger partial charge in [-0.25, -0.2) is 10.9 Å². The van der Waals surface area contributed by atoms with Crippen molar-refractivity contribution in [1.29, 1.82) is 0 Å². The van der Waals surface area contributed by atoms with Crippen LogP contribution in [0.1, 0.15) is 0 Å². The lowest BCUT2D eigenvalue weighted by atomic mass is 10.5. The van der Waals surface area contributed by atoms with Gasteiger partial charge in [0.1, 0.15) is 0 Å². The van der Waals surface area contributed by atoms with Crippen molar-refractivity contribution in [3.63, 3.8) is 0 Å². The molecule has 0 aliphatic rings. The standard InChI is InChI=1S/C7H10N4O3/c1-13-6-3-5(11(8)4-12)9-7(10-6)14-2/h3-4H,8H2,1-2H3. The van der Waals surface area contributed by atoms with Gasteiger partial charge in [0.05, 0.1) is 14.2 Å². The average Bonchev–Trinajstić information content (AvgIpc) is 2.27. The van der Waals surface area contributed by atoms with Crippen molar-refractivity contribution >= 4 is 12.2 Å². The zero-order chi connectivity index (χ0) is 10.6. The zero-order valence-corrected chi connectivity index (χ0v) is 7.80. The van der Waals surface area contributed by atoms with Gasteiger partial charge in [-0.05, 0) is 0 Å². The molecule has 7 heteroatoms. The highest BCUT2D eigenvalue weighted by Gasteiger charge is 2.08. The summed E-state index contributed by atoms with van der Waals surface area (Å²) in [5, 5.41) is 0.798. The molecule has 1 aromatic rings. The molecule has 0 fully saturated rings. The summed E-state index contributed by atoms with van der Waals surface area (Å²) in [7, 11) is 2.84. The van der Waals surface area contributed by atoms with Gasteiger partial charge in [-0.15, -0.1) is 0 Å². The Morgan fingerprint density at radius 1 is 1.43 bits per heavy atom. The third-order valence-corrected chi connectivity index (χ3v) is 1.44. The van der Waals surface area contributed by atoms with E-state index in [1.165, 1.54) is 20.3 Å². The molecule has 0 atom stereocenters. The van der Waals surface area contributed by atoms with E-state index in [9.17, 15) is 4.79 Å². The molecular formula is C7H10N4O3. The maximum absolute atomic E-state index is 10.4. The molecule has 0 saturated heterocycles. The molecule has 0 spiro atoms. The van der Waals surface area contributed by atoms with Crippen LogP contribution < -0.4 is 20.3 Å². The lowest BCUT2D eigenvalue weighted by molar-refractivity contribution is -0.107. The molecule has 1 amide bonds. The molecule has 2 N–H and O–H groups in total. The molecule has 14 heavy (non-hydrogen) atoms. The van der Waals surface area contributed by atoms with Crippen LogP contribution in [0.3, 0.4) is 0 Å². The molecule has 0 aliphatic carbocycles. The van der Waals surface area contributed by atoms with Crippen molar-refractivity contribution in [2.24, 2.45) is 5.84 Å². The summed E-state index contributed by atoms with van der Waals surface area (Å²) in [6.07, 6.45) is 0.418. The van der Waals surface area contributed by atoms with Crippen molar-refractivity contribution in [2.75, 3.05) is 19.2 Å². The first-order chi connectivity index (χ1) is 6.71. The number of amides is 1. The molecule has 0 saturated carbocycles. The minimum Gasteiger partial charge on any atom is -0.481 e. The second-order valence-electron chi connectivity index (χ2n) is 2.27. The van der Waals surface area contributed by atoms with E-state index in [0.29, 0.717) is 6.41 Å². The van der Waals surface area contributed by atoms with Gasteiger partial charge in [0.2, 0.25) is 12.3 Å². The largest absolute Gasteiger partial charge is 0.481 e. The molecule has 1 aromatic heterocycles. The third kappa shape index (κ3) is 2.07. The fourth-order valence-electron chi connectivity index (χ4n) is 0.774. The first-order valence-corrected chi connectivity index (χ1v) is 3.67. The summed E-state index contributed by atoms with van der Waals surface area (Å²) in [5.74, 6) is 5.77. The number of carbonyl (C=O) groups is 1. The van der Waals surface area contributed by atoms with E-state index in [1.807, 2.05) is 0 Å². The first-order valence-electron chi connectivity index (χ1n) is 3.67. The average molecular weight is 198 g/mol. The normalized spacial score (nSPS) is 9.36. The van der Waals surface area contributed by atoms with Crippen LogP contribution in [0.25, 0.3) is 0 Å². The van der Waals surface area contributed by atoms with Crippen molar-refractivity contribution in [1.82, 2.24) is 9.97 Å². The fourth-order valence-corrected chi connectivity index (χ4v) is 0.774. The number of aromatic nitrogens is 2. The topological polar surface area (TPSA) is 90.6 Å². The van der Waals surface area contributed by atoms with E-state index in [2.05, 4.69) is 9.97 Å². The number of hydrogen-bond acceptors (Lipinski definition) is 6. The Hall–Kier alpha value is -1.89. The van der Waals surface area contributed by atoms with E-state index in [1.54, 1.807) is 0 Å². The third-order valence-electron chi connectivity index (χ3n) is 1.44. The lowest BCUT2D eigenvalue weighted by Gasteiger charge is -2.10. The lowest BCUT2D eigenvalue weighted by Crippen LogP contribution is -2.29. The van der Waals surface area contributed by atoms with Crippen molar-refractivity contribution < 1.29 is 14.3 Å². The molecule has 0 bridgehead atoms. The van der Waals surface area contributed by atoms with Crippen LogP contribution in [0.4, 0.5) is 5.82 Å². The van der Waals surface area contributed by atoms with Gasteiger partial charge < -0.3 is 9.47 Å². The number of carbonyl (C=O) groups excluding carboxylic acids is 1. The summed E-state index contributed by atoms with van der Waals surface area (Å²) >= 11 is 0. The van der Waals surface area contributed by atoms with Gasteiger partial charge in [-0.3, -0.25) is 4.79 Å². The van der Waals surface area contributed by atoms with E-state index >= 15 is 0 Å². The second-order valence-corrected chi connectivity index (χ2v) is 2.27. The molecule has 1 heterocycles. The summed E-state index contributed by atoms with van der Waals surface area (Å²) in [6, 6.07) is 1.49. The molecule has 76 valence electrons. The highest BCUT2D eigenvalue weighted by molar-refractivity contribution is 5.71. The molecule has 0 radical (unpaired) electrons. The molecule has 0 aliphatic heterocycles. The summed E-state index contributed by atoms with van der Waals surface area (Å²) < 4.78 is 9.65. The van der Waals surface area contributed by atoms with Crippen molar-refractivity contribution in [3.05, 3.63) is 6.07 Å². The number of hydrogen-bond donors (Lipinski definition) is 1. The monoisotopic (exact) mass is 198 g/mol. The fraction of sp³-hybridized carbons (Fsp3) is 0.286. The number of rotatable bonds is 4.